The number of hydrogen-bond acceptors (Lipinski definition) is 2. The van der Waals surface area contributed by atoms with E-state index in [0.717, 1.165) is 25.0 Å². The van der Waals surface area contributed by atoms with Crippen molar-refractivity contribution >= 4 is 0 Å². The van der Waals surface area contributed by atoms with Crippen LogP contribution in [-0.2, 0) is 4.74 Å². The van der Waals surface area contributed by atoms with Gasteiger partial charge in [0.1, 0.15) is 0 Å². The average molecular weight is 225 g/mol. The van der Waals surface area contributed by atoms with Crippen LogP contribution < -0.4 is 5.32 Å². The first-order valence-corrected chi connectivity index (χ1v) is 7.18. The molecule has 0 bridgehead atoms. The zero-order valence-electron chi connectivity index (χ0n) is 10.7. The predicted octanol–water partition coefficient (Wildman–Crippen LogP) is 2.97. The summed E-state index contributed by atoms with van der Waals surface area (Å²) in [6, 6.07) is 0. The molecule has 2 fully saturated rings. The van der Waals surface area contributed by atoms with Crippen LogP contribution >= 0.6 is 0 Å². The second-order valence-electron chi connectivity index (χ2n) is 5.64. The summed E-state index contributed by atoms with van der Waals surface area (Å²) >= 11 is 0. The van der Waals surface area contributed by atoms with E-state index in [-0.39, 0.29) is 0 Å². The van der Waals surface area contributed by atoms with E-state index in [1.807, 2.05) is 0 Å². The van der Waals surface area contributed by atoms with E-state index < -0.39 is 0 Å². The molecule has 0 aromatic carbocycles. The van der Waals surface area contributed by atoms with Gasteiger partial charge in [-0.15, -0.1) is 0 Å². The summed E-state index contributed by atoms with van der Waals surface area (Å²) in [6.45, 7) is 5.59. The maximum atomic E-state index is 5.59. The highest BCUT2D eigenvalue weighted by atomic mass is 16.5. The van der Waals surface area contributed by atoms with Gasteiger partial charge in [-0.2, -0.15) is 0 Å². The minimum atomic E-state index is 0.474. The molecule has 1 N–H and O–H groups in total. The third-order valence-corrected chi connectivity index (χ3v) is 4.35. The largest absolute Gasteiger partial charge is 0.378 e. The lowest BCUT2D eigenvalue weighted by Crippen LogP contribution is -2.30. The Morgan fingerprint density at radius 2 is 1.75 bits per heavy atom. The topological polar surface area (TPSA) is 21.3 Å². The van der Waals surface area contributed by atoms with Gasteiger partial charge in [0.25, 0.3) is 0 Å². The minimum absolute atomic E-state index is 0.474. The molecule has 2 aliphatic rings. The van der Waals surface area contributed by atoms with Gasteiger partial charge in [0.15, 0.2) is 0 Å². The molecule has 2 atom stereocenters. The van der Waals surface area contributed by atoms with Crippen molar-refractivity contribution in [1.29, 1.82) is 0 Å². The van der Waals surface area contributed by atoms with Crippen LogP contribution in [0.2, 0.25) is 0 Å². The van der Waals surface area contributed by atoms with Gasteiger partial charge in [-0.05, 0) is 44.6 Å². The van der Waals surface area contributed by atoms with Crippen LogP contribution in [0.15, 0.2) is 0 Å². The van der Waals surface area contributed by atoms with Crippen molar-refractivity contribution in [1.82, 2.24) is 5.32 Å². The van der Waals surface area contributed by atoms with Crippen LogP contribution in [-0.4, -0.2) is 25.8 Å². The molecule has 0 spiro atoms. The zero-order chi connectivity index (χ0) is 11.2. The molecule has 94 valence electrons. The van der Waals surface area contributed by atoms with Crippen molar-refractivity contribution in [2.75, 3.05) is 19.7 Å². The quantitative estimate of drug-likeness (QED) is 0.743. The predicted molar refractivity (Wildman–Crippen MR) is 67.6 cm³/mol. The fourth-order valence-corrected chi connectivity index (χ4v) is 3.09. The summed E-state index contributed by atoms with van der Waals surface area (Å²) in [5.74, 6) is 1.70. The number of ether oxygens (including phenoxy) is 1. The normalized spacial score (nSPS) is 32.8. The molecule has 2 rings (SSSR count). The van der Waals surface area contributed by atoms with E-state index in [0.29, 0.717) is 6.10 Å². The Morgan fingerprint density at radius 1 is 1.00 bits per heavy atom. The maximum absolute atomic E-state index is 5.59. The van der Waals surface area contributed by atoms with Crippen LogP contribution in [0.3, 0.4) is 0 Å². The van der Waals surface area contributed by atoms with Gasteiger partial charge >= 0.3 is 0 Å². The summed E-state index contributed by atoms with van der Waals surface area (Å²) in [6.07, 6.45) is 10.5. The number of rotatable bonds is 4. The molecule has 16 heavy (non-hydrogen) atoms. The maximum Gasteiger partial charge on any atom is 0.0588 e. The van der Waals surface area contributed by atoms with Crippen molar-refractivity contribution in [2.45, 2.75) is 58.0 Å². The first-order valence-electron chi connectivity index (χ1n) is 7.18. The van der Waals surface area contributed by atoms with Gasteiger partial charge in [0.05, 0.1) is 6.10 Å². The van der Waals surface area contributed by atoms with Crippen LogP contribution in [0.25, 0.3) is 0 Å². The molecule has 1 saturated carbocycles. The van der Waals surface area contributed by atoms with Crippen molar-refractivity contribution in [3.63, 3.8) is 0 Å². The van der Waals surface area contributed by atoms with Gasteiger partial charge < -0.3 is 10.1 Å². The third-order valence-electron chi connectivity index (χ3n) is 4.35. The molecule has 2 nitrogen and oxygen atoms in total. The first kappa shape index (κ1) is 12.4. The highest BCUT2D eigenvalue weighted by Crippen LogP contribution is 2.23. The Balaban J connectivity index is 1.59. The van der Waals surface area contributed by atoms with Crippen molar-refractivity contribution in [3.05, 3.63) is 0 Å². The van der Waals surface area contributed by atoms with Crippen LogP contribution in [0, 0.1) is 11.8 Å². The number of hydrogen-bond donors (Lipinski definition) is 1. The van der Waals surface area contributed by atoms with Crippen LogP contribution in [0.5, 0.6) is 0 Å². The lowest BCUT2D eigenvalue weighted by atomic mass is 9.99. The Labute approximate surface area is 100 Å². The summed E-state index contributed by atoms with van der Waals surface area (Å²) < 4.78 is 5.59. The van der Waals surface area contributed by atoms with E-state index >= 15 is 0 Å². The first-order chi connectivity index (χ1) is 7.86. The molecule has 0 amide bonds. The van der Waals surface area contributed by atoms with E-state index in [1.54, 1.807) is 0 Å². The van der Waals surface area contributed by atoms with Crippen molar-refractivity contribution in [3.8, 4) is 0 Å². The van der Waals surface area contributed by atoms with Crippen LogP contribution in [0.1, 0.15) is 51.9 Å². The minimum Gasteiger partial charge on any atom is -0.378 e. The van der Waals surface area contributed by atoms with E-state index in [9.17, 15) is 0 Å². The third kappa shape index (κ3) is 3.74. The van der Waals surface area contributed by atoms with Gasteiger partial charge in [-0.25, -0.2) is 0 Å². The summed E-state index contributed by atoms with van der Waals surface area (Å²) in [5.41, 5.74) is 0. The standard InChI is InChI=1S/C14H27NO/c1-12-14(8-9-16-12)11-15-10-13-6-4-2-3-5-7-13/h12-15H,2-11H2,1H3. The fourth-order valence-electron chi connectivity index (χ4n) is 3.09. The van der Waals surface area contributed by atoms with Gasteiger partial charge in [0, 0.05) is 13.2 Å². The highest BCUT2D eigenvalue weighted by molar-refractivity contribution is 4.75. The average Bonchev–Trinajstić information content (AvgIpc) is 2.55. The second kappa shape index (κ2) is 6.61. The molecular weight excluding hydrogens is 198 g/mol. The van der Waals surface area contributed by atoms with Gasteiger partial charge in [-0.1, -0.05) is 25.7 Å². The van der Waals surface area contributed by atoms with Gasteiger partial charge in [0.2, 0.25) is 0 Å². The lowest BCUT2D eigenvalue weighted by molar-refractivity contribution is 0.105. The smallest absolute Gasteiger partial charge is 0.0588 e. The van der Waals surface area contributed by atoms with Crippen molar-refractivity contribution < 1.29 is 4.74 Å². The summed E-state index contributed by atoms with van der Waals surface area (Å²) in [5, 5.41) is 3.68. The Hall–Kier alpha value is -0.0800. The second-order valence-corrected chi connectivity index (χ2v) is 5.64. The molecule has 1 aliphatic carbocycles. The Morgan fingerprint density at radius 3 is 2.38 bits per heavy atom. The van der Waals surface area contributed by atoms with Crippen LogP contribution in [0.4, 0.5) is 0 Å². The van der Waals surface area contributed by atoms with Gasteiger partial charge in [-0.3, -0.25) is 0 Å². The Bertz CT molecular complexity index is 187. The van der Waals surface area contributed by atoms with Crippen molar-refractivity contribution in [2.24, 2.45) is 11.8 Å². The van der Waals surface area contributed by atoms with E-state index in [4.69, 9.17) is 4.74 Å². The zero-order valence-corrected chi connectivity index (χ0v) is 10.7. The van der Waals surface area contributed by atoms with E-state index in [1.165, 1.54) is 51.5 Å². The molecule has 0 radical (unpaired) electrons. The summed E-state index contributed by atoms with van der Waals surface area (Å²) in [4.78, 5) is 0. The lowest BCUT2D eigenvalue weighted by Gasteiger charge is -2.18. The molecule has 2 heteroatoms. The fraction of sp³-hybridized carbons (Fsp3) is 1.00. The highest BCUT2D eigenvalue weighted by Gasteiger charge is 2.23. The number of nitrogens with one attached hydrogen (secondary N) is 1. The summed E-state index contributed by atoms with van der Waals surface area (Å²) in [7, 11) is 0. The molecule has 1 aliphatic heterocycles. The molecular formula is C14H27NO. The SMILES string of the molecule is CC1OCCC1CNCC1CCCCCC1. The monoisotopic (exact) mass is 225 g/mol. The molecule has 2 unspecified atom stereocenters. The molecule has 0 aromatic heterocycles. The van der Waals surface area contributed by atoms with E-state index in [2.05, 4.69) is 12.2 Å². The molecule has 1 saturated heterocycles. The molecule has 0 aromatic rings. The Kier molecular flexibility index (Phi) is 5.11. The molecule has 1 heterocycles.